The van der Waals surface area contributed by atoms with Crippen molar-refractivity contribution in [3.8, 4) is 5.75 Å². The molecule has 1 unspecified atom stereocenters. The molecule has 0 amide bonds. The minimum Gasteiger partial charge on any atom is -0.491 e. The van der Waals surface area contributed by atoms with E-state index in [-0.39, 0.29) is 12.4 Å². The fraction of sp³-hybridized carbons (Fsp3) is 0.167. The van der Waals surface area contributed by atoms with E-state index in [1.807, 2.05) is 12.1 Å². The summed E-state index contributed by atoms with van der Waals surface area (Å²) in [6, 6.07) is 13.0. The Morgan fingerprint density at radius 1 is 1.17 bits per heavy atom. The van der Waals surface area contributed by atoms with Crippen molar-refractivity contribution in [1.29, 1.82) is 0 Å². The molecular formula is C18H16ClFN2O2. The molecule has 24 heavy (non-hydrogen) atoms. The topological polar surface area (TPSA) is 54.4 Å². The Morgan fingerprint density at radius 2 is 1.96 bits per heavy atom. The number of pyridine rings is 1. The van der Waals surface area contributed by atoms with Crippen LogP contribution in [0.4, 0.5) is 10.1 Å². The summed E-state index contributed by atoms with van der Waals surface area (Å²) in [4.78, 5) is 4.27. The third-order valence-corrected chi connectivity index (χ3v) is 3.72. The number of nitrogens with zero attached hydrogens (tertiary/aromatic N) is 1. The highest BCUT2D eigenvalue weighted by atomic mass is 35.5. The zero-order valence-electron chi connectivity index (χ0n) is 12.7. The molecule has 0 aliphatic heterocycles. The smallest absolute Gasteiger partial charge is 0.123 e. The molecule has 1 heterocycles. The first-order valence-corrected chi connectivity index (χ1v) is 7.84. The van der Waals surface area contributed by atoms with E-state index in [1.54, 1.807) is 18.3 Å². The minimum absolute atomic E-state index is 0.105. The van der Waals surface area contributed by atoms with Crippen LogP contribution in [0.15, 0.2) is 54.7 Å². The number of hydrogen-bond donors (Lipinski definition) is 2. The van der Waals surface area contributed by atoms with E-state index in [4.69, 9.17) is 16.3 Å². The van der Waals surface area contributed by atoms with Crippen LogP contribution in [-0.2, 0) is 0 Å². The fourth-order valence-electron chi connectivity index (χ4n) is 2.29. The molecule has 1 aromatic heterocycles. The van der Waals surface area contributed by atoms with E-state index in [2.05, 4.69) is 10.3 Å². The summed E-state index contributed by atoms with van der Waals surface area (Å²) >= 11 is 5.97. The number of benzene rings is 2. The SMILES string of the molecule is OC(CNc1ccnc2cc(Cl)ccc12)COc1ccc(F)cc1. The monoisotopic (exact) mass is 346 g/mol. The molecule has 0 bridgehead atoms. The predicted octanol–water partition coefficient (Wildman–Crippen LogP) is 3.88. The highest BCUT2D eigenvalue weighted by Gasteiger charge is 2.08. The zero-order valence-corrected chi connectivity index (χ0v) is 13.5. The van der Waals surface area contributed by atoms with Crippen molar-refractivity contribution in [3.63, 3.8) is 0 Å². The van der Waals surface area contributed by atoms with Crippen LogP contribution in [0.3, 0.4) is 0 Å². The maximum atomic E-state index is 12.8. The molecule has 0 aliphatic carbocycles. The van der Waals surface area contributed by atoms with Gasteiger partial charge in [-0.25, -0.2) is 4.39 Å². The summed E-state index contributed by atoms with van der Waals surface area (Å²) in [6.45, 7) is 0.413. The Morgan fingerprint density at radius 3 is 2.75 bits per heavy atom. The highest BCUT2D eigenvalue weighted by molar-refractivity contribution is 6.31. The van der Waals surface area contributed by atoms with Gasteiger partial charge in [-0.15, -0.1) is 0 Å². The van der Waals surface area contributed by atoms with E-state index in [0.29, 0.717) is 17.3 Å². The number of hydrogen-bond acceptors (Lipinski definition) is 4. The molecule has 0 radical (unpaired) electrons. The average Bonchev–Trinajstić information content (AvgIpc) is 2.59. The maximum absolute atomic E-state index is 12.8. The lowest BCUT2D eigenvalue weighted by Crippen LogP contribution is -2.26. The molecule has 2 aromatic carbocycles. The van der Waals surface area contributed by atoms with Crippen LogP contribution in [0.2, 0.25) is 5.02 Å². The number of aliphatic hydroxyl groups is 1. The molecule has 6 heteroatoms. The van der Waals surface area contributed by atoms with Gasteiger partial charge in [-0.3, -0.25) is 4.98 Å². The Balaban J connectivity index is 1.58. The number of halogens is 2. The van der Waals surface area contributed by atoms with E-state index in [9.17, 15) is 9.50 Å². The number of aliphatic hydroxyl groups excluding tert-OH is 1. The van der Waals surface area contributed by atoms with Gasteiger partial charge in [0.25, 0.3) is 0 Å². The standard InChI is InChI=1S/C18H16ClFN2O2/c19-12-1-6-16-17(7-8-21-18(16)9-12)22-10-14(23)11-24-15-4-2-13(20)3-5-15/h1-9,14,23H,10-11H2,(H,21,22). The summed E-state index contributed by atoms with van der Waals surface area (Å²) in [5, 5.41) is 14.8. The maximum Gasteiger partial charge on any atom is 0.123 e. The van der Waals surface area contributed by atoms with Crippen LogP contribution < -0.4 is 10.1 Å². The van der Waals surface area contributed by atoms with Crippen LogP contribution >= 0.6 is 11.6 Å². The van der Waals surface area contributed by atoms with Crippen molar-refractivity contribution in [2.24, 2.45) is 0 Å². The van der Waals surface area contributed by atoms with Gasteiger partial charge < -0.3 is 15.2 Å². The van der Waals surface area contributed by atoms with Gasteiger partial charge >= 0.3 is 0 Å². The molecule has 1 atom stereocenters. The zero-order chi connectivity index (χ0) is 16.9. The molecule has 0 fully saturated rings. The summed E-state index contributed by atoms with van der Waals surface area (Å²) in [5.41, 5.74) is 1.64. The van der Waals surface area contributed by atoms with Crippen molar-refractivity contribution in [3.05, 3.63) is 65.6 Å². The Hall–Kier alpha value is -2.37. The number of rotatable bonds is 6. The van der Waals surface area contributed by atoms with Crippen molar-refractivity contribution in [2.75, 3.05) is 18.5 Å². The summed E-state index contributed by atoms with van der Waals surface area (Å²) < 4.78 is 18.2. The van der Waals surface area contributed by atoms with Crippen LogP contribution in [0.1, 0.15) is 0 Å². The quantitative estimate of drug-likeness (QED) is 0.711. The summed E-state index contributed by atoms with van der Waals surface area (Å²) in [5.74, 6) is 0.189. The van der Waals surface area contributed by atoms with Gasteiger partial charge in [0, 0.05) is 28.8 Å². The van der Waals surface area contributed by atoms with Gasteiger partial charge in [0.2, 0.25) is 0 Å². The van der Waals surface area contributed by atoms with Crippen molar-refractivity contribution < 1.29 is 14.2 Å². The molecule has 3 aromatic rings. The fourth-order valence-corrected chi connectivity index (χ4v) is 2.45. The summed E-state index contributed by atoms with van der Waals surface area (Å²) in [6.07, 6.45) is 0.966. The first kappa shape index (κ1) is 16.5. The highest BCUT2D eigenvalue weighted by Crippen LogP contribution is 2.24. The lowest BCUT2D eigenvalue weighted by molar-refractivity contribution is 0.117. The molecule has 4 nitrogen and oxygen atoms in total. The van der Waals surface area contributed by atoms with E-state index in [0.717, 1.165) is 16.6 Å². The third kappa shape index (κ3) is 4.13. The second-order valence-corrected chi connectivity index (χ2v) is 5.76. The lowest BCUT2D eigenvalue weighted by Gasteiger charge is -2.15. The second kappa shape index (κ2) is 7.47. The predicted molar refractivity (Wildman–Crippen MR) is 93.1 cm³/mol. The van der Waals surface area contributed by atoms with Gasteiger partial charge in [0.1, 0.15) is 24.3 Å². The van der Waals surface area contributed by atoms with Crippen LogP contribution in [-0.4, -0.2) is 29.3 Å². The molecule has 124 valence electrons. The van der Waals surface area contributed by atoms with E-state index >= 15 is 0 Å². The number of ether oxygens (including phenoxy) is 1. The Kier molecular flexibility index (Phi) is 5.13. The van der Waals surface area contributed by atoms with Gasteiger partial charge in [0.05, 0.1) is 5.52 Å². The molecule has 0 saturated carbocycles. The molecule has 2 N–H and O–H groups in total. The van der Waals surface area contributed by atoms with Crippen LogP contribution in [0, 0.1) is 5.82 Å². The lowest BCUT2D eigenvalue weighted by atomic mass is 10.2. The molecular weight excluding hydrogens is 331 g/mol. The first-order chi connectivity index (χ1) is 11.6. The normalized spacial score (nSPS) is 12.1. The first-order valence-electron chi connectivity index (χ1n) is 7.46. The van der Waals surface area contributed by atoms with Gasteiger partial charge in [-0.05, 0) is 48.5 Å². The van der Waals surface area contributed by atoms with E-state index in [1.165, 1.54) is 24.3 Å². The number of fused-ring (bicyclic) bond motifs is 1. The molecule has 0 saturated heterocycles. The Bertz CT molecular complexity index is 827. The number of anilines is 1. The largest absolute Gasteiger partial charge is 0.491 e. The van der Waals surface area contributed by atoms with Gasteiger partial charge in [-0.1, -0.05) is 11.6 Å². The summed E-state index contributed by atoms with van der Waals surface area (Å²) in [7, 11) is 0. The molecule has 0 spiro atoms. The molecule has 0 aliphatic rings. The van der Waals surface area contributed by atoms with Gasteiger partial charge in [-0.2, -0.15) is 0 Å². The average molecular weight is 347 g/mol. The second-order valence-electron chi connectivity index (χ2n) is 5.32. The van der Waals surface area contributed by atoms with Crippen LogP contribution in [0.5, 0.6) is 5.75 Å². The van der Waals surface area contributed by atoms with Crippen molar-refractivity contribution in [1.82, 2.24) is 4.98 Å². The van der Waals surface area contributed by atoms with Crippen molar-refractivity contribution >= 4 is 28.2 Å². The number of nitrogens with one attached hydrogen (secondary N) is 1. The number of aromatic nitrogens is 1. The van der Waals surface area contributed by atoms with Crippen molar-refractivity contribution in [2.45, 2.75) is 6.10 Å². The molecule has 3 rings (SSSR count). The van der Waals surface area contributed by atoms with Gasteiger partial charge in [0.15, 0.2) is 0 Å². The third-order valence-electron chi connectivity index (χ3n) is 3.49. The Labute approximate surface area is 143 Å². The van der Waals surface area contributed by atoms with E-state index < -0.39 is 6.10 Å². The minimum atomic E-state index is -0.717. The van der Waals surface area contributed by atoms with Crippen LogP contribution in [0.25, 0.3) is 10.9 Å².